The summed E-state index contributed by atoms with van der Waals surface area (Å²) in [6, 6.07) is 0. The van der Waals surface area contributed by atoms with Gasteiger partial charge in [0, 0.05) is 5.03 Å². The maximum absolute atomic E-state index is 10.7. The van der Waals surface area contributed by atoms with Crippen molar-refractivity contribution >= 4 is 17.6 Å². The zero-order valence-corrected chi connectivity index (χ0v) is 7.90. The topological polar surface area (TPSA) is 37.3 Å². The van der Waals surface area contributed by atoms with E-state index in [9.17, 15) is 4.79 Å². The van der Waals surface area contributed by atoms with Crippen LogP contribution in [0.5, 0.6) is 0 Å². The van der Waals surface area contributed by atoms with Gasteiger partial charge >= 0.3 is 5.97 Å². The van der Waals surface area contributed by atoms with Crippen LogP contribution >= 0.6 is 11.6 Å². The Balaban J connectivity index is 2.87. The zero-order chi connectivity index (χ0) is 9.14. The van der Waals surface area contributed by atoms with Gasteiger partial charge in [-0.2, -0.15) is 0 Å². The van der Waals surface area contributed by atoms with Crippen molar-refractivity contribution in [3.05, 3.63) is 10.6 Å². The maximum Gasteiger partial charge on any atom is 0.332 e. The largest absolute Gasteiger partial charge is 0.478 e. The van der Waals surface area contributed by atoms with Gasteiger partial charge in [0.2, 0.25) is 0 Å². The van der Waals surface area contributed by atoms with Gasteiger partial charge in [-0.3, -0.25) is 0 Å². The standard InChI is InChI=1S/C9H13ClO2/c1-2-6-4-3-5-7(8(6)10)9(11)12/h6H,2-5H2,1H3,(H,11,12). The van der Waals surface area contributed by atoms with E-state index in [1.165, 1.54) is 0 Å². The van der Waals surface area contributed by atoms with Crippen LogP contribution in [0.3, 0.4) is 0 Å². The first-order valence-electron chi connectivity index (χ1n) is 4.28. The molecular formula is C9H13ClO2. The minimum Gasteiger partial charge on any atom is -0.478 e. The number of carboxylic acids is 1. The summed E-state index contributed by atoms with van der Waals surface area (Å²) in [4.78, 5) is 10.7. The van der Waals surface area contributed by atoms with Crippen molar-refractivity contribution in [3.8, 4) is 0 Å². The second-order valence-corrected chi connectivity index (χ2v) is 3.54. The predicted octanol–water partition coefficient (Wildman–Crippen LogP) is 2.77. The molecule has 1 atom stereocenters. The molecule has 1 rings (SSSR count). The van der Waals surface area contributed by atoms with Crippen molar-refractivity contribution in [2.75, 3.05) is 0 Å². The van der Waals surface area contributed by atoms with Crippen molar-refractivity contribution in [2.45, 2.75) is 32.6 Å². The summed E-state index contributed by atoms with van der Waals surface area (Å²) in [7, 11) is 0. The molecule has 3 heteroatoms. The van der Waals surface area contributed by atoms with Crippen molar-refractivity contribution < 1.29 is 9.90 Å². The van der Waals surface area contributed by atoms with Crippen LogP contribution in [0.25, 0.3) is 0 Å². The van der Waals surface area contributed by atoms with E-state index < -0.39 is 5.97 Å². The Hall–Kier alpha value is -0.500. The van der Waals surface area contributed by atoms with E-state index in [1.807, 2.05) is 6.92 Å². The molecule has 1 N–H and O–H groups in total. The lowest BCUT2D eigenvalue weighted by Crippen LogP contribution is -2.13. The lowest BCUT2D eigenvalue weighted by atomic mass is 9.88. The van der Waals surface area contributed by atoms with Crippen LogP contribution in [-0.4, -0.2) is 11.1 Å². The monoisotopic (exact) mass is 188 g/mol. The highest BCUT2D eigenvalue weighted by molar-refractivity contribution is 6.32. The molecule has 0 saturated heterocycles. The van der Waals surface area contributed by atoms with Gasteiger partial charge in [-0.25, -0.2) is 4.79 Å². The van der Waals surface area contributed by atoms with Gasteiger partial charge in [0.15, 0.2) is 0 Å². The molecule has 0 aromatic heterocycles. The van der Waals surface area contributed by atoms with E-state index in [2.05, 4.69) is 0 Å². The van der Waals surface area contributed by atoms with Gasteiger partial charge in [0.05, 0.1) is 5.57 Å². The first-order valence-corrected chi connectivity index (χ1v) is 4.66. The molecule has 1 aliphatic rings. The smallest absolute Gasteiger partial charge is 0.332 e. The number of rotatable bonds is 2. The van der Waals surface area contributed by atoms with Crippen LogP contribution in [0.2, 0.25) is 0 Å². The molecule has 0 aromatic carbocycles. The molecule has 68 valence electrons. The van der Waals surface area contributed by atoms with Crippen LogP contribution in [-0.2, 0) is 4.79 Å². The van der Waals surface area contributed by atoms with Crippen molar-refractivity contribution in [1.29, 1.82) is 0 Å². The molecule has 0 saturated carbocycles. The molecule has 1 unspecified atom stereocenters. The van der Waals surface area contributed by atoms with Gasteiger partial charge in [-0.05, 0) is 31.6 Å². The normalized spacial score (nSPS) is 24.3. The fraction of sp³-hybridized carbons (Fsp3) is 0.667. The van der Waals surface area contributed by atoms with E-state index in [1.54, 1.807) is 0 Å². The Morgan fingerprint density at radius 3 is 2.92 bits per heavy atom. The molecular weight excluding hydrogens is 176 g/mol. The van der Waals surface area contributed by atoms with Gasteiger partial charge in [-0.15, -0.1) is 0 Å². The molecule has 2 nitrogen and oxygen atoms in total. The third kappa shape index (κ3) is 1.81. The lowest BCUT2D eigenvalue weighted by molar-refractivity contribution is -0.133. The van der Waals surface area contributed by atoms with Crippen molar-refractivity contribution in [3.63, 3.8) is 0 Å². The third-order valence-electron chi connectivity index (χ3n) is 2.38. The van der Waals surface area contributed by atoms with Crippen LogP contribution in [0.4, 0.5) is 0 Å². The summed E-state index contributed by atoms with van der Waals surface area (Å²) in [5.74, 6) is -0.565. The molecule has 0 fully saturated rings. The number of allylic oxidation sites excluding steroid dienone is 1. The number of hydrogen-bond donors (Lipinski definition) is 1. The first-order chi connectivity index (χ1) is 5.66. The highest BCUT2D eigenvalue weighted by Crippen LogP contribution is 2.34. The van der Waals surface area contributed by atoms with Gasteiger partial charge in [0.1, 0.15) is 0 Å². The average Bonchev–Trinajstić information content (AvgIpc) is 2.04. The molecule has 0 aromatic rings. The average molecular weight is 189 g/mol. The minimum atomic E-state index is -0.849. The van der Waals surface area contributed by atoms with Crippen LogP contribution in [0.1, 0.15) is 32.6 Å². The number of carbonyl (C=O) groups is 1. The lowest BCUT2D eigenvalue weighted by Gasteiger charge is -2.21. The Bertz CT molecular complexity index is 221. The van der Waals surface area contributed by atoms with Gasteiger partial charge < -0.3 is 5.11 Å². The highest BCUT2D eigenvalue weighted by Gasteiger charge is 2.23. The molecule has 0 bridgehead atoms. The van der Waals surface area contributed by atoms with E-state index in [0.717, 1.165) is 19.3 Å². The maximum atomic E-state index is 10.7. The number of halogens is 1. The van der Waals surface area contributed by atoms with Crippen molar-refractivity contribution in [1.82, 2.24) is 0 Å². The summed E-state index contributed by atoms with van der Waals surface area (Å²) >= 11 is 5.94. The van der Waals surface area contributed by atoms with Crippen LogP contribution < -0.4 is 0 Å². The second-order valence-electron chi connectivity index (χ2n) is 3.13. The zero-order valence-electron chi connectivity index (χ0n) is 7.14. The molecule has 0 spiro atoms. The van der Waals surface area contributed by atoms with E-state index in [4.69, 9.17) is 16.7 Å². The summed E-state index contributed by atoms with van der Waals surface area (Å²) in [6.45, 7) is 2.04. The third-order valence-corrected chi connectivity index (χ3v) is 2.91. The van der Waals surface area contributed by atoms with Crippen LogP contribution in [0.15, 0.2) is 10.6 Å². The Labute approximate surface area is 77.2 Å². The van der Waals surface area contributed by atoms with E-state index >= 15 is 0 Å². The second kappa shape index (κ2) is 3.94. The molecule has 1 aliphatic carbocycles. The number of carboxylic acid groups (broad SMARTS) is 1. The number of aliphatic carboxylic acids is 1. The molecule has 0 aliphatic heterocycles. The summed E-state index contributed by atoms with van der Waals surface area (Å²) in [5, 5.41) is 9.36. The highest BCUT2D eigenvalue weighted by atomic mass is 35.5. The van der Waals surface area contributed by atoms with Gasteiger partial charge in [-0.1, -0.05) is 18.5 Å². The van der Waals surface area contributed by atoms with Crippen LogP contribution in [0, 0.1) is 5.92 Å². The summed E-state index contributed by atoms with van der Waals surface area (Å²) in [6.07, 6.45) is 3.56. The first kappa shape index (κ1) is 9.59. The fourth-order valence-corrected chi connectivity index (χ4v) is 2.05. The SMILES string of the molecule is CCC1CCCC(C(=O)O)=C1Cl. The Morgan fingerprint density at radius 2 is 2.42 bits per heavy atom. The minimum absolute atomic E-state index is 0.284. The Kier molecular flexibility index (Phi) is 3.15. The van der Waals surface area contributed by atoms with E-state index in [0.29, 0.717) is 17.0 Å². The fourth-order valence-electron chi connectivity index (χ4n) is 1.61. The molecule has 0 heterocycles. The molecule has 0 amide bonds. The summed E-state index contributed by atoms with van der Waals surface area (Å²) < 4.78 is 0. The number of hydrogen-bond acceptors (Lipinski definition) is 1. The van der Waals surface area contributed by atoms with Crippen molar-refractivity contribution in [2.24, 2.45) is 5.92 Å². The van der Waals surface area contributed by atoms with E-state index in [-0.39, 0.29) is 5.92 Å². The van der Waals surface area contributed by atoms with Gasteiger partial charge in [0.25, 0.3) is 0 Å². The Morgan fingerprint density at radius 1 is 1.75 bits per heavy atom. The quantitative estimate of drug-likeness (QED) is 0.724. The molecule has 12 heavy (non-hydrogen) atoms. The predicted molar refractivity (Wildman–Crippen MR) is 48.1 cm³/mol. The molecule has 0 radical (unpaired) electrons. The summed E-state index contributed by atoms with van der Waals surface area (Å²) in [5.41, 5.74) is 0.426.